The smallest absolute Gasteiger partial charge is 0.265 e. The summed E-state index contributed by atoms with van der Waals surface area (Å²) in [5.41, 5.74) is 0.448. The highest BCUT2D eigenvalue weighted by atomic mass is 35.5. The van der Waals surface area contributed by atoms with Crippen LogP contribution in [-0.2, 0) is 6.42 Å². The lowest BCUT2D eigenvalue weighted by atomic mass is 10.3. The van der Waals surface area contributed by atoms with Crippen molar-refractivity contribution >= 4 is 46.1 Å². The van der Waals surface area contributed by atoms with Crippen LogP contribution in [0.5, 0.6) is 5.75 Å². The van der Waals surface area contributed by atoms with Gasteiger partial charge in [0.05, 0.1) is 14.9 Å². The number of hydrogen-bond donors (Lipinski definition) is 2. The van der Waals surface area contributed by atoms with Gasteiger partial charge in [-0.05, 0) is 30.7 Å². The maximum atomic E-state index is 12.0. The first kappa shape index (κ1) is 14.2. The van der Waals surface area contributed by atoms with Crippen LogP contribution < -0.4 is 5.32 Å². The van der Waals surface area contributed by atoms with Gasteiger partial charge in [-0.2, -0.15) is 0 Å². The molecule has 0 unspecified atom stereocenters. The van der Waals surface area contributed by atoms with Crippen molar-refractivity contribution in [3.8, 4) is 5.75 Å². The lowest BCUT2D eigenvalue weighted by Crippen LogP contribution is -2.10. The molecule has 0 aliphatic carbocycles. The number of halogens is 2. The second-order valence-electron chi connectivity index (χ2n) is 3.86. The van der Waals surface area contributed by atoms with Gasteiger partial charge in [-0.1, -0.05) is 30.1 Å². The molecule has 2 rings (SSSR count). The van der Waals surface area contributed by atoms with Gasteiger partial charge in [0.2, 0.25) is 0 Å². The number of nitrogens with one attached hydrogen (secondary N) is 1. The van der Waals surface area contributed by atoms with Crippen molar-refractivity contribution in [1.82, 2.24) is 0 Å². The highest BCUT2D eigenvalue weighted by molar-refractivity contribution is 7.14. The Hall–Kier alpha value is -1.23. The van der Waals surface area contributed by atoms with Gasteiger partial charge in [-0.3, -0.25) is 4.79 Å². The molecule has 6 heteroatoms. The van der Waals surface area contributed by atoms with Crippen molar-refractivity contribution in [3.63, 3.8) is 0 Å². The molecule has 0 saturated heterocycles. The van der Waals surface area contributed by atoms with Crippen LogP contribution in [-0.4, -0.2) is 11.0 Å². The topological polar surface area (TPSA) is 49.3 Å². The molecule has 0 bridgehead atoms. The second-order valence-corrected chi connectivity index (χ2v) is 5.84. The van der Waals surface area contributed by atoms with E-state index >= 15 is 0 Å². The van der Waals surface area contributed by atoms with E-state index in [4.69, 9.17) is 23.2 Å². The van der Waals surface area contributed by atoms with E-state index in [9.17, 15) is 9.90 Å². The van der Waals surface area contributed by atoms with Crippen LogP contribution in [0.1, 0.15) is 21.5 Å². The van der Waals surface area contributed by atoms with E-state index in [1.165, 1.54) is 23.5 Å². The Morgan fingerprint density at radius 1 is 1.32 bits per heavy atom. The second kappa shape index (κ2) is 5.82. The fourth-order valence-corrected chi connectivity index (χ4v) is 2.85. The zero-order valence-corrected chi connectivity index (χ0v) is 12.4. The zero-order chi connectivity index (χ0) is 14.0. The summed E-state index contributed by atoms with van der Waals surface area (Å²) in [5.74, 6) is -0.409. The van der Waals surface area contributed by atoms with E-state index in [1.807, 2.05) is 13.0 Å². The molecule has 1 aromatic heterocycles. The largest absolute Gasteiger partial charge is 0.505 e. The Morgan fingerprint density at radius 2 is 1.95 bits per heavy atom. The lowest BCUT2D eigenvalue weighted by molar-refractivity contribution is 0.103. The number of phenolic OH excluding ortho intramolecular Hbond substituents is 1. The SMILES string of the molecule is CCc1ccc(C(=O)Nc2cc(Cl)c(O)c(Cl)c2)s1. The third-order valence-electron chi connectivity index (χ3n) is 2.51. The van der Waals surface area contributed by atoms with Crippen LogP contribution in [0.15, 0.2) is 24.3 Å². The number of carbonyl (C=O) groups excluding carboxylic acids is 1. The average molecular weight is 316 g/mol. The molecular weight excluding hydrogens is 305 g/mol. The van der Waals surface area contributed by atoms with Gasteiger partial charge >= 0.3 is 0 Å². The van der Waals surface area contributed by atoms with Crippen molar-refractivity contribution in [3.05, 3.63) is 44.1 Å². The molecular formula is C13H11Cl2NO2S. The summed E-state index contributed by atoms with van der Waals surface area (Å²) in [6.07, 6.45) is 0.898. The van der Waals surface area contributed by atoms with Crippen LogP contribution in [0, 0.1) is 0 Å². The van der Waals surface area contributed by atoms with E-state index in [2.05, 4.69) is 5.32 Å². The van der Waals surface area contributed by atoms with E-state index < -0.39 is 0 Å². The minimum absolute atomic E-state index is 0.100. The number of phenols is 1. The molecule has 1 aromatic carbocycles. The summed E-state index contributed by atoms with van der Waals surface area (Å²) in [6.45, 7) is 2.03. The Labute approximate surface area is 124 Å². The molecule has 1 heterocycles. The molecule has 0 radical (unpaired) electrons. The van der Waals surface area contributed by atoms with Crippen LogP contribution >= 0.6 is 34.5 Å². The van der Waals surface area contributed by atoms with E-state index in [0.29, 0.717) is 10.6 Å². The predicted octanol–water partition coefficient (Wildman–Crippen LogP) is 4.58. The predicted molar refractivity (Wildman–Crippen MR) is 79.8 cm³/mol. The Kier molecular flexibility index (Phi) is 4.34. The minimum Gasteiger partial charge on any atom is -0.505 e. The maximum Gasteiger partial charge on any atom is 0.265 e. The number of anilines is 1. The first-order valence-corrected chi connectivity index (χ1v) is 7.16. The van der Waals surface area contributed by atoms with Gasteiger partial charge in [-0.25, -0.2) is 0 Å². The maximum absolute atomic E-state index is 12.0. The molecule has 100 valence electrons. The quantitative estimate of drug-likeness (QED) is 0.815. The molecule has 19 heavy (non-hydrogen) atoms. The Bertz CT molecular complexity index is 602. The van der Waals surface area contributed by atoms with Gasteiger partial charge in [-0.15, -0.1) is 11.3 Å². The van der Waals surface area contributed by atoms with Gasteiger partial charge in [0.15, 0.2) is 5.75 Å². The van der Waals surface area contributed by atoms with Crippen LogP contribution in [0.2, 0.25) is 10.0 Å². The molecule has 0 saturated carbocycles. The van der Waals surface area contributed by atoms with E-state index in [-0.39, 0.29) is 21.7 Å². The summed E-state index contributed by atoms with van der Waals surface area (Å²) in [6, 6.07) is 6.61. The number of aromatic hydroxyl groups is 1. The summed E-state index contributed by atoms with van der Waals surface area (Å²) in [5, 5.41) is 12.3. The first-order valence-electron chi connectivity index (χ1n) is 5.59. The summed E-state index contributed by atoms with van der Waals surface area (Å²) in [4.78, 5) is 13.8. The fourth-order valence-electron chi connectivity index (χ4n) is 1.52. The standard InChI is InChI=1S/C13H11Cl2NO2S/c1-2-8-3-4-11(19-8)13(18)16-7-5-9(14)12(17)10(15)6-7/h3-6,17H,2H2,1H3,(H,16,18). The summed E-state index contributed by atoms with van der Waals surface area (Å²) >= 11 is 13.0. The third-order valence-corrected chi connectivity index (χ3v) is 4.31. The highest BCUT2D eigenvalue weighted by Crippen LogP contribution is 2.34. The van der Waals surface area contributed by atoms with Gasteiger partial charge < -0.3 is 10.4 Å². The van der Waals surface area contributed by atoms with Crippen molar-refractivity contribution in [2.75, 3.05) is 5.32 Å². The lowest BCUT2D eigenvalue weighted by Gasteiger charge is -2.06. The Morgan fingerprint density at radius 3 is 2.47 bits per heavy atom. The number of rotatable bonds is 3. The molecule has 0 fully saturated rings. The summed E-state index contributed by atoms with van der Waals surface area (Å²) in [7, 11) is 0. The molecule has 0 aliphatic heterocycles. The molecule has 3 nitrogen and oxygen atoms in total. The number of benzene rings is 1. The molecule has 1 amide bonds. The number of amides is 1. The summed E-state index contributed by atoms with van der Waals surface area (Å²) < 4.78 is 0. The molecule has 0 spiro atoms. The van der Waals surface area contributed by atoms with Crippen LogP contribution in [0.3, 0.4) is 0 Å². The van der Waals surface area contributed by atoms with Crippen LogP contribution in [0.25, 0.3) is 0 Å². The monoisotopic (exact) mass is 315 g/mol. The molecule has 0 aliphatic rings. The fraction of sp³-hybridized carbons (Fsp3) is 0.154. The number of carbonyl (C=O) groups is 1. The number of aryl methyl sites for hydroxylation is 1. The van der Waals surface area contributed by atoms with E-state index in [0.717, 1.165) is 11.3 Å². The highest BCUT2D eigenvalue weighted by Gasteiger charge is 2.12. The zero-order valence-electron chi connectivity index (χ0n) is 10.0. The van der Waals surface area contributed by atoms with Crippen molar-refractivity contribution in [1.29, 1.82) is 0 Å². The third kappa shape index (κ3) is 3.21. The number of hydrogen-bond acceptors (Lipinski definition) is 3. The first-order chi connectivity index (χ1) is 9.01. The molecule has 0 atom stereocenters. The number of thiophene rings is 1. The van der Waals surface area contributed by atoms with Gasteiger partial charge in [0.25, 0.3) is 5.91 Å². The van der Waals surface area contributed by atoms with Crippen molar-refractivity contribution in [2.24, 2.45) is 0 Å². The molecule has 2 aromatic rings. The normalized spacial score (nSPS) is 10.5. The van der Waals surface area contributed by atoms with E-state index in [1.54, 1.807) is 6.07 Å². The van der Waals surface area contributed by atoms with Gasteiger partial charge in [0, 0.05) is 10.6 Å². The van der Waals surface area contributed by atoms with Crippen molar-refractivity contribution in [2.45, 2.75) is 13.3 Å². The average Bonchev–Trinajstić information content (AvgIpc) is 2.84. The molecule has 2 N–H and O–H groups in total. The van der Waals surface area contributed by atoms with Crippen molar-refractivity contribution < 1.29 is 9.90 Å². The van der Waals surface area contributed by atoms with Gasteiger partial charge in [0.1, 0.15) is 0 Å². The van der Waals surface area contributed by atoms with Crippen LogP contribution in [0.4, 0.5) is 5.69 Å². The Balaban J connectivity index is 2.19. The minimum atomic E-state index is -0.220.